The fourth-order valence-electron chi connectivity index (χ4n) is 2.63. The van der Waals surface area contributed by atoms with E-state index in [1.165, 1.54) is 7.11 Å². The monoisotopic (exact) mass is 324 g/mol. The zero-order valence-corrected chi connectivity index (χ0v) is 13.4. The van der Waals surface area contributed by atoms with Gasteiger partial charge in [0.25, 0.3) is 0 Å². The Labute approximate surface area is 138 Å². The molecule has 0 saturated heterocycles. The Bertz CT molecular complexity index is 897. The largest absolute Gasteiger partial charge is 0.497 e. The van der Waals surface area contributed by atoms with E-state index in [4.69, 9.17) is 9.47 Å². The van der Waals surface area contributed by atoms with Crippen molar-refractivity contribution in [3.05, 3.63) is 59.3 Å². The highest BCUT2D eigenvalue weighted by molar-refractivity contribution is 6.09. The number of esters is 1. The molecule has 0 N–H and O–H groups in total. The minimum atomic E-state index is -0.493. The number of methoxy groups -OCH3 is 2. The van der Waals surface area contributed by atoms with Crippen molar-refractivity contribution in [1.82, 2.24) is 9.78 Å². The van der Waals surface area contributed by atoms with Gasteiger partial charge in [-0.1, -0.05) is 18.2 Å². The molecular formula is C18H16N2O4. The second kappa shape index (κ2) is 6.54. The number of rotatable bonds is 5. The highest BCUT2D eigenvalue weighted by Crippen LogP contribution is 2.23. The van der Waals surface area contributed by atoms with Crippen LogP contribution in [0.3, 0.4) is 0 Å². The first-order valence-electron chi connectivity index (χ1n) is 7.34. The summed E-state index contributed by atoms with van der Waals surface area (Å²) in [5.74, 6) is 0.265. The lowest BCUT2D eigenvalue weighted by Gasteiger charge is -2.06. The quantitative estimate of drug-likeness (QED) is 0.533. The predicted octanol–water partition coefficient (Wildman–Crippen LogP) is 2.69. The molecule has 0 amide bonds. The van der Waals surface area contributed by atoms with Crippen LogP contribution in [0.5, 0.6) is 5.75 Å². The van der Waals surface area contributed by atoms with E-state index in [0.717, 1.165) is 11.3 Å². The van der Waals surface area contributed by atoms with Crippen LogP contribution in [0.25, 0.3) is 10.9 Å². The number of fused-ring (bicyclic) bond motifs is 1. The van der Waals surface area contributed by atoms with Crippen LogP contribution in [0.15, 0.2) is 42.5 Å². The number of hydrogen-bond acceptors (Lipinski definition) is 5. The second-order valence-corrected chi connectivity index (χ2v) is 5.20. The Morgan fingerprint density at radius 1 is 1.17 bits per heavy atom. The van der Waals surface area contributed by atoms with E-state index in [1.807, 2.05) is 24.3 Å². The molecule has 0 aliphatic carbocycles. The molecule has 3 rings (SSSR count). The van der Waals surface area contributed by atoms with Gasteiger partial charge >= 0.3 is 5.97 Å². The maximum absolute atomic E-state index is 11.9. The fourth-order valence-corrected chi connectivity index (χ4v) is 2.63. The zero-order chi connectivity index (χ0) is 17.1. The molecule has 122 valence electrons. The standard InChI is InChI=1S/C18H16N2O4/c1-23-13-8-6-12(7-9-13)10-20-16(11-21)17-14(18(22)24-2)4-3-5-15(17)19-20/h3-9,11H,10H2,1-2H3. The molecule has 0 bridgehead atoms. The first-order valence-corrected chi connectivity index (χ1v) is 7.34. The molecule has 6 nitrogen and oxygen atoms in total. The minimum Gasteiger partial charge on any atom is -0.497 e. The molecule has 0 spiro atoms. The second-order valence-electron chi connectivity index (χ2n) is 5.20. The first-order chi connectivity index (χ1) is 11.7. The number of aldehydes is 1. The molecule has 1 heterocycles. The molecule has 1 aromatic heterocycles. The Kier molecular flexibility index (Phi) is 4.29. The van der Waals surface area contributed by atoms with Gasteiger partial charge < -0.3 is 9.47 Å². The molecule has 0 aliphatic heterocycles. The van der Waals surface area contributed by atoms with Crippen molar-refractivity contribution >= 4 is 23.2 Å². The number of benzene rings is 2. The molecule has 0 fully saturated rings. The Balaban J connectivity index is 2.07. The molecule has 3 aromatic rings. The van der Waals surface area contributed by atoms with Gasteiger partial charge in [-0.15, -0.1) is 0 Å². The lowest BCUT2D eigenvalue weighted by molar-refractivity contribution is 0.0603. The van der Waals surface area contributed by atoms with Crippen LogP contribution in [0.1, 0.15) is 26.4 Å². The predicted molar refractivity (Wildman–Crippen MR) is 88.6 cm³/mol. The lowest BCUT2D eigenvalue weighted by atomic mass is 10.1. The number of carbonyl (C=O) groups excluding carboxylic acids is 2. The van der Waals surface area contributed by atoms with E-state index < -0.39 is 5.97 Å². The van der Waals surface area contributed by atoms with E-state index in [-0.39, 0.29) is 0 Å². The van der Waals surface area contributed by atoms with Crippen molar-refractivity contribution in [2.45, 2.75) is 6.54 Å². The Hall–Kier alpha value is -3.15. The van der Waals surface area contributed by atoms with Crippen LogP contribution in [0.4, 0.5) is 0 Å². The van der Waals surface area contributed by atoms with Crippen molar-refractivity contribution in [2.75, 3.05) is 14.2 Å². The average Bonchev–Trinajstić information content (AvgIpc) is 2.98. The molecule has 0 atom stereocenters. The minimum absolute atomic E-state index is 0.332. The summed E-state index contributed by atoms with van der Waals surface area (Å²) >= 11 is 0. The number of hydrogen-bond donors (Lipinski definition) is 0. The van der Waals surface area contributed by atoms with Crippen molar-refractivity contribution in [3.63, 3.8) is 0 Å². The summed E-state index contributed by atoms with van der Waals surface area (Å²) in [5.41, 5.74) is 2.22. The molecule has 0 saturated carbocycles. The van der Waals surface area contributed by atoms with E-state index in [2.05, 4.69) is 5.10 Å². The normalized spacial score (nSPS) is 10.6. The summed E-state index contributed by atoms with van der Waals surface area (Å²) in [4.78, 5) is 23.6. The van der Waals surface area contributed by atoms with E-state index in [9.17, 15) is 9.59 Å². The first kappa shape index (κ1) is 15.7. The average molecular weight is 324 g/mol. The van der Waals surface area contributed by atoms with Crippen LogP contribution < -0.4 is 4.74 Å². The SMILES string of the molecule is COC(=O)c1cccc2nn(Cc3ccc(OC)cc3)c(C=O)c12. The molecular weight excluding hydrogens is 308 g/mol. The third kappa shape index (κ3) is 2.74. The van der Waals surface area contributed by atoms with Gasteiger partial charge in [-0.2, -0.15) is 5.10 Å². The van der Waals surface area contributed by atoms with E-state index >= 15 is 0 Å². The number of carbonyl (C=O) groups is 2. The van der Waals surface area contributed by atoms with Gasteiger partial charge in [-0.05, 0) is 29.8 Å². The van der Waals surface area contributed by atoms with Gasteiger partial charge in [-0.3, -0.25) is 9.48 Å². The highest BCUT2D eigenvalue weighted by Gasteiger charge is 2.18. The molecule has 0 unspecified atom stereocenters. The maximum atomic E-state index is 11.9. The zero-order valence-electron chi connectivity index (χ0n) is 13.4. The highest BCUT2D eigenvalue weighted by atomic mass is 16.5. The van der Waals surface area contributed by atoms with Gasteiger partial charge in [-0.25, -0.2) is 4.79 Å². The molecule has 0 aliphatic rings. The molecule has 24 heavy (non-hydrogen) atoms. The van der Waals surface area contributed by atoms with Gasteiger partial charge in [0.15, 0.2) is 6.29 Å². The van der Waals surface area contributed by atoms with Crippen molar-refractivity contribution in [2.24, 2.45) is 0 Å². The number of ether oxygens (including phenoxy) is 2. The van der Waals surface area contributed by atoms with Crippen LogP contribution >= 0.6 is 0 Å². The van der Waals surface area contributed by atoms with Crippen molar-refractivity contribution in [3.8, 4) is 5.75 Å². The summed E-state index contributed by atoms with van der Waals surface area (Å²) in [6.45, 7) is 0.410. The third-order valence-corrected chi connectivity index (χ3v) is 3.81. The molecule has 6 heteroatoms. The van der Waals surface area contributed by atoms with E-state index in [0.29, 0.717) is 35.0 Å². The van der Waals surface area contributed by atoms with Gasteiger partial charge in [0.05, 0.1) is 31.8 Å². The number of nitrogens with zero attached hydrogens (tertiary/aromatic N) is 2. The van der Waals surface area contributed by atoms with Crippen molar-refractivity contribution in [1.29, 1.82) is 0 Å². The molecule has 2 aromatic carbocycles. The lowest BCUT2D eigenvalue weighted by Crippen LogP contribution is -2.07. The fraction of sp³-hybridized carbons (Fsp3) is 0.167. The maximum Gasteiger partial charge on any atom is 0.338 e. The van der Waals surface area contributed by atoms with E-state index in [1.54, 1.807) is 30.0 Å². The van der Waals surface area contributed by atoms with Gasteiger partial charge in [0.1, 0.15) is 11.4 Å². The summed E-state index contributed by atoms with van der Waals surface area (Å²) in [6, 6.07) is 12.6. The summed E-state index contributed by atoms with van der Waals surface area (Å²) in [6.07, 6.45) is 0.714. The van der Waals surface area contributed by atoms with Crippen LogP contribution in [-0.2, 0) is 11.3 Å². The van der Waals surface area contributed by atoms with Crippen LogP contribution in [0.2, 0.25) is 0 Å². The van der Waals surface area contributed by atoms with Gasteiger partial charge in [0.2, 0.25) is 0 Å². The topological polar surface area (TPSA) is 70.4 Å². The third-order valence-electron chi connectivity index (χ3n) is 3.81. The van der Waals surface area contributed by atoms with Crippen LogP contribution in [-0.4, -0.2) is 36.3 Å². The van der Waals surface area contributed by atoms with Gasteiger partial charge in [0, 0.05) is 5.39 Å². The summed E-state index contributed by atoms with van der Waals surface area (Å²) in [7, 11) is 2.91. The van der Waals surface area contributed by atoms with Crippen LogP contribution in [0, 0.1) is 0 Å². The Morgan fingerprint density at radius 3 is 2.54 bits per heavy atom. The van der Waals surface area contributed by atoms with Crippen molar-refractivity contribution < 1.29 is 19.1 Å². The Morgan fingerprint density at radius 2 is 1.92 bits per heavy atom. The molecule has 0 radical (unpaired) electrons. The summed E-state index contributed by atoms with van der Waals surface area (Å²) < 4.78 is 11.5. The smallest absolute Gasteiger partial charge is 0.338 e. The summed E-state index contributed by atoms with van der Waals surface area (Å²) in [5, 5.41) is 4.95. The number of aromatic nitrogens is 2.